The molecule has 26 heavy (non-hydrogen) atoms. The zero-order chi connectivity index (χ0) is 20.4. The van der Waals surface area contributed by atoms with Gasteiger partial charge in [0.25, 0.3) is 0 Å². The Morgan fingerprint density at radius 3 is 2.27 bits per heavy atom. The smallest absolute Gasteiger partial charge is 0.311 e. The molecule has 0 saturated heterocycles. The van der Waals surface area contributed by atoms with E-state index in [2.05, 4.69) is 20.6 Å². The number of amides is 1. The maximum Gasteiger partial charge on any atom is 0.311 e. The van der Waals surface area contributed by atoms with Gasteiger partial charge in [-0.2, -0.15) is 0 Å². The molecule has 1 rings (SSSR count). The molecule has 0 aliphatic heterocycles. The quantitative estimate of drug-likeness (QED) is 0.411. The molecular formula is C18H31N5O3. The molecule has 0 bridgehead atoms. The number of anilines is 3. The summed E-state index contributed by atoms with van der Waals surface area (Å²) in [6.07, 6.45) is 8.86. The molecule has 8 heteroatoms. The van der Waals surface area contributed by atoms with E-state index in [1.54, 1.807) is 0 Å². The summed E-state index contributed by atoms with van der Waals surface area (Å²) in [4.78, 5) is 29.1. The summed E-state index contributed by atoms with van der Waals surface area (Å²) in [5.41, 5.74) is 5.93. The summed E-state index contributed by atoms with van der Waals surface area (Å²) in [5, 5.41) is 14.1. The van der Waals surface area contributed by atoms with Gasteiger partial charge in [-0.25, -0.2) is 9.97 Å². The van der Waals surface area contributed by atoms with Gasteiger partial charge in [0.2, 0.25) is 6.41 Å². The third kappa shape index (κ3) is 11.6. The van der Waals surface area contributed by atoms with Crippen molar-refractivity contribution in [2.24, 2.45) is 0 Å². The van der Waals surface area contributed by atoms with Crippen LogP contribution in [-0.4, -0.2) is 34.0 Å². The van der Waals surface area contributed by atoms with Gasteiger partial charge in [-0.1, -0.05) is 45.1 Å². The van der Waals surface area contributed by atoms with Crippen molar-refractivity contribution in [3.05, 3.63) is 30.1 Å². The predicted octanol–water partition coefficient (Wildman–Crippen LogP) is 3.24. The third-order valence-corrected chi connectivity index (χ3v) is 2.62. The summed E-state index contributed by atoms with van der Waals surface area (Å²) in [7, 11) is 0. The first-order valence-electron chi connectivity index (χ1n) is 8.54. The number of hydrogen-bond acceptors (Lipinski definition) is 6. The normalized spacial score (nSPS) is 9.73. The largest absolute Gasteiger partial charge is 0.481 e. The highest BCUT2D eigenvalue weighted by atomic mass is 16.4. The number of aliphatic carboxylic acids is 1. The van der Waals surface area contributed by atoms with Crippen LogP contribution in [0.4, 0.5) is 17.3 Å². The zero-order valence-corrected chi connectivity index (χ0v) is 16.2. The van der Waals surface area contributed by atoms with E-state index in [0.29, 0.717) is 18.8 Å². The summed E-state index contributed by atoms with van der Waals surface area (Å²) in [5.74, 6) is -0.669. The van der Waals surface area contributed by atoms with Crippen LogP contribution >= 0.6 is 0 Å². The number of nitrogens with zero attached hydrogens (tertiary/aromatic N) is 2. The first-order valence-corrected chi connectivity index (χ1v) is 8.54. The average molecular weight is 365 g/mol. The Morgan fingerprint density at radius 1 is 1.19 bits per heavy atom. The molecule has 1 heterocycles. The Hall–Kier alpha value is -2.90. The Labute approximate surface area is 155 Å². The average Bonchev–Trinajstić information content (AvgIpc) is 2.63. The standard InChI is InChI=1S/C12H17N5O3.C4H8.C2H6/c1-2-3-4-5-14-12-10(15-7-18)11(13)16-8(17-12)6-9(19)20;1-3-4-2;1-2/h3-4,7H,2,5-6H2,1H3,(H,15,18)(H,19,20)(H3,13,14,16,17);3-4H,1-2H3;1-2H3/b4-3+;4-3-;. The molecule has 0 spiro atoms. The molecule has 1 aromatic heterocycles. The summed E-state index contributed by atoms with van der Waals surface area (Å²) < 4.78 is 0. The van der Waals surface area contributed by atoms with E-state index < -0.39 is 5.97 Å². The second kappa shape index (κ2) is 16.9. The molecule has 0 fully saturated rings. The number of rotatable bonds is 8. The van der Waals surface area contributed by atoms with Crippen LogP contribution in [0.5, 0.6) is 0 Å². The Balaban J connectivity index is 0. The van der Waals surface area contributed by atoms with E-state index in [4.69, 9.17) is 10.8 Å². The second-order valence-corrected chi connectivity index (χ2v) is 4.51. The molecule has 0 atom stereocenters. The van der Waals surface area contributed by atoms with E-state index in [9.17, 15) is 9.59 Å². The van der Waals surface area contributed by atoms with Gasteiger partial charge < -0.3 is 21.5 Å². The lowest BCUT2D eigenvalue weighted by Crippen LogP contribution is -2.14. The van der Waals surface area contributed by atoms with E-state index in [1.165, 1.54) is 0 Å². The third-order valence-electron chi connectivity index (χ3n) is 2.62. The highest BCUT2D eigenvalue weighted by Gasteiger charge is 2.13. The van der Waals surface area contributed by atoms with Crippen molar-refractivity contribution >= 4 is 29.7 Å². The van der Waals surface area contributed by atoms with E-state index in [1.807, 2.05) is 58.9 Å². The SMILES string of the molecule is C/C=C\C.CC.CC/C=C/CNc1nc(CC(=O)O)nc(N)c1NC=O. The fraction of sp³-hybridized carbons (Fsp3) is 0.444. The number of carbonyl (C=O) groups excluding carboxylic acids is 1. The van der Waals surface area contributed by atoms with Crippen molar-refractivity contribution in [3.63, 3.8) is 0 Å². The monoisotopic (exact) mass is 365 g/mol. The maximum atomic E-state index is 10.7. The zero-order valence-electron chi connectivity index (χ0n) is 16.2. The number of carbonyl (C=O) groups is 2. The van der Waals surface area contributed by atoms with Gasteiger partial charge in [-0.05, 0) is 20.3 Å². The lowest BCUT2D eigenvalue weighted by Gasteiger charge is -2.12. The van der Waals surface area contributed by atoms with E-state index in [0.717, 1.165) is 6.42 Å². The summed E-state index contributed by atoms with van der Waals surface area (Å²) in [6, 6.07) is 0. The number of aromatic nitrogens is 2. The summed E-state index contributed by atoms with van der Waals surface area (Å²) >= 11 is 0. The molecule has 1 amide bonds. The molecule has 0 radical (unpaired) electrons. The number of nitrogens with one attached hydrogen (secondary N) is 2. The van der Waals surface area contributed by atoms with Crippen LogP contribution in [0.15, 0.2) is 24.3 Å². The van der Waals surface area contributed by atoms with Crippen molar-refractivity contribution in [2.75, 3.05) is 22.9 Å². The number of allylic oxidation sites excluding steroid dienone is 3. The van der Waals surface area contributed by atoms with Crippen molar-refractivity contribution in [2.45, 2.75) is 47.5 Å². The van der Waals surface area contributed by atoms with Crippen LogP contribution in [0.3, 0.4) is 0 Å². The number of nitrogen functional groups attached to an aromatic ring is 1. The maximum absolute atomic E-state index is 10.7. The van der Waals surface area contributed by atoms with Gasteiger partial charge in [0.15, 0.2) is 11.6 Å². The lowest BCUT2D eigenvalue weighted by molar-refractivity contribution is -0.136. The topological polar surface area (TPSA) is 130 Å². The number of carboxylic acids is 1. The van der Waals surface area contributed by atoms with E-state index >= 15 is 0 Å². The van der Waals surface area contributed by atoms with Crippen LogP contribution in [0.1, 0.15) is 46.9 Å². The Bertz CT molecular complexity index is 582. The van der Waals surface area contributed by atoms with Crippen LogP contribution in [-0.2, 0) is 16.0 Å². The summed E-state index contributed by atoms with van der Waals surface area (Å²) in [6.45, 7) is 10.5. The fourth-order valence-electron chi connectivity index (χ4n) is 1.48. The van der Waals surface area contributed by atoms with Crippen molar-refractivity contribution in [3.8, 4) is 0 Å². The van der Waals surface area contributed by atoms with Gasteiger partial charge >= 0.3 is 5.97 Å². The molecule has 0 saturated carbocycles. The van der Waals surface area contributed by atoms with Crippen LogP contribution in [0.25, 0.3) is 0 Å². The van der Waals surface area contributed by atoms with Crippen molar-refractivity contribution < 1.29 is 14.7 Å². The first kappa shape index (κ1) is 25.3. The van der Waals surface area contributed by atoms with Gasteiger partial charge in [0.1, 0.15) is 17.9 Å². The number of carboxylic acid groups (broad SMARTS) is 1. The molecule has 5 N–H and O–H groups in total. The van der Waals surface area contributed by atoms with Gasteiger partial charge in [-0.15, -0.1) is 0 Å². The molecule has 0 unspecified atom stereocenters. The van der Waals surface area contributed by atoms with E-state index in [-0.39, 0.29) is 23.8 Å². The Kier molecular flexibility index (Phi) is 16.5. The van der Waals surface area contributed by atoms with Gasteiger partial charge in [0.05, 0.1) is 0 Å². The first-order chi connectivity index (χ1) is 12.5. The highest BCUT2D eigenvalue weighted by Crippen LogP contribution is 2.24. The molecular weight excluding hydrogens is 334 g/mol. The van der Waals surface area contributed by atoms with Crippen LogP contribution < -0.4 is 16.4 Å². The van der Waals surface area contributed by atoms with Crippen molar-refractivity contribution in [1.82, 2.24) is 9.97 Å². The molecule has 1 aromatic rings. The number of hydrogen-bond donors (Lipinski definition) is 4. The lowest BCUT2D eigenvalue weighted by atomic mass is 10.3. The molecule has 0 aliphatic rings. The van der Waals surface area contributed by atoms with Crippen LogP contribution in [0, 0.1) is 0 Å². The highest BCUT2D eigenvalue weighted by molar-refractivity contribution is 5.86. The Morgan fingerprint density at radius 2 is 1.81 bits per heavy atom. The molecule has 0 aromatic carbocycles. The predicted molar refractivity (Wildman–Crippen MR) is 107 cm³/mol. The minimum atomic E-state index is -1.06. The second-order valence-electron chi connectivity index (χ2n) is 4.51. The van der Waals surface area contributed by atoms with Crippen LogP contribution in [0.2, 0.25) is 0 Å². The van der Waals surface area contributed by atoms with Gasteiger partial charge in [0, 0.05) is 6.54 Å². The molecule has 8 nitrogen and oxygen atoms in total. The molecule has 146 valence electrons. The number of nitrogens with two attached hydrogens (primary N) is 1. The fourth-order valence-corrected chi connectivity index (χ4v) is 1.48. The molecule has 0 aliphatic carbocycles. The minimum Gasteiger partial charge on any atom is -0.481 e. The van der Waals surface area contributed by atoms with Crippen molar-refractivity contribution in [1.29, 1.82) is 0 Å². The van der Waals surface area contributed by atoms with Gasteiger partial charge in [-0.3, -0.25) is 9.59 Å². The minimum absolute atomic E-state index is 0.0188.